The lowest BCUT2D eigenvalue weighted by molar-refractivity contribution is -0.128. The van der Waals surface area contributed by atoms with Crippen LogP contribution in [0.2, 0.25) is 0 Å². The van der Waals surface area contributed by atoms with Crippen LogP contribution in [0.4, 0.5) is 5.69 Å². The predicted octanol–water partition coefficient (Wildman–Crippen LogP) is 2.01. The Balaban J connectivity index is 2.83. The number of hydrogen-bond acceptors (Lipinski definition) is 3. The van der Waals surface area contributed by atoms with Crippen LogP contribution in [0.3, 0.4) is 0 Å². The summed E-state index contributed by atoms with van der Waals surface area (Å²) in [7, 11) is 0.284. The van der Waals surface area contributed by atoms with Gasteiger partial charge in [0, 0.05) is 23.2 Å². The minimum atomic E-state index is -1.42. The first kappa shape index (κ1) is 15.2. The topological polar surface area (TPSA) is 63.4 Å². The van der Waals surface area contributed by atoms with Crippen LogP contribution in [0.15, 0.2) is 27.6 Å². The normalized spacial score (nSPS) is 12.5. The maximum Gasteiger partial charge on any atom is 0.235 e. The Morgan fingerprint density at radius 1 is 1.50 bits per heavy atom. The highest BCUT2D eigenvalue weighted by molar-refractivity contribution is 9.10. The van der Waals surface area contributed by atoms with Crippen molar-refractivity contribution < 1.29 is 9.00 Å². The van der Waals surface area contributed by atoms with E-state index in [1.165, 1.54) is 0 Å². The van der Waals surface area contributed by atoms with Gasteiger partial charge in [-0.25, -0.2) is 0 Å². The van der Waals surface area contributed by atoms with Crippen molar-refractivity contribution in [1.29, 1.82) is 0 Å². The third kappa shape index (κ3) is 3.81. The number of rotatable bonds is 4. The van der Waals surface area contributed by atoms with Crippen molar-refractivity contribution in [2.24, 2.45) is 0 Å². The summed E-state index contributed by atoms with van der Waals surface area (Å²) in [6.45, 7) is 3.82. The van der Waals surface area contributed by atoms with Gasteiger partial charge >= 0.3 is 0 Å². The van der Waals surface area contributed by atoms with Gasteiger partial charge in [-0.1, -0.05) is 15.9 Å². The highest BCUT2D eigenvalue weighted by Crippen LogP contribution is 2.22. The van der Waals surface area contributed by atoms with E-state index < -0.39 is 10.8 Å². The van der Waals surface area contributed by atoms with Gasteiger partial charge in [0.2, 0.25) is 5.91 Å². The third-order valence-corrected chi connectivity index (χ3v) is 4.49. The van der Waals surface area contributed by atoms with Crippen molar-refractivity contribution in [3.05, 3.63) is 22.7 Å². The summed E-state index contributed by atoms with van der Waals surface area (Å²) < 4.78 is 12.9. The molecule has 0 saturated carbocycles. The summed E-state index contributed by atoms with van der Waals surface area (Å²) in [5.41, 5.74) is 6.20. The summed E-state index contributed by atoms with van der Waals surface area (Å²) in [4.78, 5) is 13.9. The van der Waals surface area contributed by atoms with E-state index in [2.05, 4.69) is 15.9 Å². The quantitative estimate of drug-likeness (QED) is 0.858. The fourth-order valence-electron chi connectivity index (χ4n) is 1.29. The third-order valence-electron chi connectivity index (χ3n) is 2.64. The summed E-state index contributed by atoms with van der Waals surface area (Å²) in [5, 5.41) is 0. The van der Waals surface area contributed by atoms with Crippen molar-refractivity contribution in [1.82, 2.24) is 4.90 Å². The van der Waals surface area contributed by atoms with Crippen LogP contribution in [0, 0.1) is 0 Å². The Kier molecular flexibility index (Phi) is 5.34. The molecule has 0 aliphatic carbocycles. The van der Waals surface area contributed by atoms with E-state index >= 15 is 0 Å². The second-order valence-electron chi connectivity index (χ2n) is 4.27. The fraction of sp³-hybridized carbons (Fsp3) is 0.417. The van der Waals surface area contributed by atoms with Gasteiger partial charge in [0.15, 0.2) is 0 Å². The maximum absolute atomic E-state index is 12.1. The van der Waals surface area contributed by atoms with Crippen molar-refractivity contribution in [3.8, 4) is 0 Å². The number of nitrogen functional groups attached to an aromatic ring is 1. The smallest absolute Gasteiger partial charge is 0.235 e. The van der Waals surface area contributed by atoms with Crippen LogP contribution in [-0.4, -0.2) is 33.9 Å². The lowest BCUT2D eigenvalue weighted by atomic mass is 10.3. The van der Waals surface area contributed by atoms with Crippen molar-refractivity contribution >= 4 is 38.3 Å². The van der Waals surface area contributed by atoms with E-state index in [4.69, 9.17) is 5.73 Å². The minimum absolute atomic E-state index is 0.0463. The summed E-state index contributed by atoms with van der Waals surface area (Å²) in [6.07, 6.45) is 0. The fourth-order valence-corrected chi connectivity index (χ4v) is 2.97. The number of halogens is 1. The second-order valence-corrected chi connectivity index (χ2v) is 6.61. The SMILES string of the molecule is CC(C)N(C)C(=O)CS(=O)c1cc(Br)ccc1N. The van der Waals surface area contributed by atoms with E-state index in [0.29, 0.717) is 10.6 Å². The van der Waals surface area contributed by atoms with Crippen molar-refractivity contribution in [2.45, 2.75) is 24.8 Å². The largest absolute Gasteiger partial charge is 0.398 e. The first-order valence-electron chi connectivity index (χ1n) is 5.52. The molecule has 0 heterocycles. The predicted molar refractivity (Wildman–Crippen MR) is 77.7 cm³/mol. The lowest BCUT2D eigenvalue weighted by Crippen LogP contribution is -2.36. The Bertz CT molecular complexity index is 477. The molecule has 0 aliphatic heterocycles. The van der Waals surface area contributed by atoms with Gasteiger partial charge in [-0.2, -0.15) is 0 Å². The average molecular weight is 333 g/mol. The number of anilines is 1. The number of nitrogens with zero attached hydrogens (tertiary/aromatic N) is 1. The molecule has 100 valence electrons. The molecule has 0 fully saturated rings. The van der Waals surface area contributed by atoms with Gasteiger partial charge in [0.05, 0.1) is 15.7 Å². The molecule has 1 rings (SSSR count). The molecule has 1 unspecified atom stereocenters. The van der Waals surface area contributed by atoms with E-state index in [-0.39, 0.29) is 17.7 Å². The van der Waals surface area contributed by atoms with E-state index in [1.54, 1.807) is 30.1 Å². The number of nitrogens with two attached hydrogens (primary N) is 1. The van der Waals surface area contributed by atoms with Crippen LogP contribution >= 0.6 is 15.9 Å². The highest BCUT2D eigenvalue weighted by Gasteiger charge is 2.17. The molecule has 1 aromatic carbocycles. The van der Waals surface area contributed by atoms with Gasteiger partial charge in [-0.3, -0.25) is 9.00 Å². The molecule has 0 saturated heterocycles. The zero-order valence-corrected chi connectivity index (χ0v) is 13.0. The van der Waals surface area contributed by atoms with Gasteiger partial charge < -0.3 is 10.6 Å². The number of carbonyl (C=O) groups excluding carboxylic acids is 1. The van der Waals surface area contributed by atoms with Gasteiger partial charge in [-0.15, -0.1) is 0 Å². The zero-order chi connectivity index (χ0) is 13.9. The summed E-state index contributed by atoms with van der Waals surface area (Å²) in [5.74, 6) is -0.197. The van der Waals surface area contributed by atoms with Gasteiger partial charge in [0.25, 0.3) is 0 Å². The highest BCUT2D eigenvalue weighted by atomic mass is 79.9. The Morgan fingerprint density at radius 3 is 2.67 bits per heavy atom. The first-order chi connectivity index (χ1) is 8.32. The minimum Gasteiger partial charge on any atom is -0.398 e. The molecule has 18 heavy (non-hydrogen) atoms. The number of amides is 1. The molecule has 2 N–H and O–H groups in total. The van der Waals surface area contributed by atoms with E-state index in [0.717, 1.165) is 4.47 Å². The Hall–Kier alpha value is -0.880. The molecule has 1 amide bonds. The van der Waals surface area contributed by atoms with Crippen LogP contribution in [0.1, 0.15) is 13.8 Å². The monoisotopic (exact) mass is 332 g/mol. The lowest BCUT2D eigenvalue weighted by Gasteiger charge is -2.21. The first-order valence-corrected chi connectivity index (χ1v) is 7.63. The maximum atomic E-state index is 12.1. The molecule has 1 atom stereocenters. The van der Waals surface area contributed by atoms with Crippen LogP contribution in [0.25, 0.3) is 0 Å². The van der Waals surface area contributed by atoms with Gasteiger partial charge in [0.1, 0.15) is 5.75 Å². The number of benzene rings is 1. The molecule has 4 nitrogen and oxygen atoms in total. The van der Waals surface area contributed by atoms with Crippen molar-refractivity contribution in [2.75, 3.05) is 18.5 Å². The van der Waals surface area contributed by atoms with Crippen molar-refractivity contribution in [3.63, 3.8) is 0 Å². The summed E-state index contributed by atoms with van der Waals surface area (Å²) >= 11 is 3.30. The summed E-state index contributed by atoms with van der Waals surface area (Å²) in [6, 6.07) is 5.23. The average Bonchev–Trinajstić information content (AvgIpc) is 2.30. The molecule has 1 aromatic rings. The van der Waals surface area contributed by atoms with Gasteiger partial charge in [-0.05, 0) is 32.0 Å². The van der Waals surface area contributed by atoms with Crippen LogP contribution in [0.5, 0.6) is 0 Å². The second kappa shape index (κ2) is 6.33. The molecule has 6 heteroatoms. The van der Waals surface area contributed by atoms with Crippen LogP contribution in [-0.2, 0) is 15.6 Å². The standard InChI is InChI=1S/C12H17BrN2O2S/c1-8(2)15(3)12(16)7-18(17)11-6-9(13)4-5-10(11)14/h4-6,8H,7,14H2,1-3H3. The van der Waals surface area contributed by atoms with E-state index in [1.807, 2.05) is 13.8 Å². The molecule has 0 spiro atoms. The zero-order valence-electron chi connectivity index (χ0n) is 10.6. The molecule has 0 radical (unpaired) electrons. The molecule has 0 aromatic heterocycles. The number of hydrogen-bond donors (Lipinski definition) is 1. The van der Waals surface area contributed by atoms with E-state index in [9.17, 15) is 9.00 Å². The molecular weight excluding hydrogens is 316 g/mol. The number of carbonyl (C=O) groups is 1. The van der Waals surface area contributed by atoms with Crippen LogP contribution < -0.4 is 5.73 Å². The molecular formula is C12H17BrN2O2S. The molecule has 0 aliphatic rings. The Labute approximate surface area is 118 Å². The Morgan fingerprint density at radius 2 is 2.11 bits per heavy atom. The molecule has 0 bridgehead atoms.